The van der Waals surface area contributed by atoms with Gasteiger partial charge in [-0.2, -0.15) is 0 Å². The minimum absolute atomic E-state index is 0.00202. The highest BCUT2D eigenvalue weighted by molar-refractivity contribution is 5.82. The number of carbonyl (C=O) groups is 2. The zero-order valence-corrected chi connectivity index (χ0v) is 13.2. The topological polar surface area (TPSA) is 69.6 Å². The number of nitrogens with one attached hydrogen (secondary N) is 1. The van der Waals surface area contributed by atoms with E-state index in [2.05, 4.69) is 5.32 Å². The molecule has 0 aromatic carbocycles. The monoisotopic (exact) mass is 296 g/mol. The second-order valence-electron chi connectivity index (χ2n) is 6.75. The van der Waals surface area contributed by atoms with Gasteiger partial charge < -0.3 is 15.3 Å². The molecular weight excluding hydrogens is 268 g/mol. The van der Waals surface area contributed by atoms with E-state index < -0.39 is 0 Å². The van der Waals surface area contributed by atoms with Crippen molar-refractivity contribution >= 4 is 11.8 Å². The summed E-state index contributed by atoms with van der Waals surface area (Å²) in [5, 5.41) is 12.2. The molecule has 2 fully saturated rings. The quantitative estimate of drug-likeness (QED) is 0.776. The van der Waals surface area contributed by atoms with Crippen LogP contribution in [0.3, 0.4) is 0 Å². The van der Waals surface area contributed by atoms with Gasteiger partial charge in [-0.05, 0) is 45.4 Å². The lowest BCUT2D eigenvalue weighted by molar-refractivity contribution is -0.137. The lowest BCUT2D eigenvalue weighted by Crippen LogP contribution is -2.51. The number of piperidine rings is 1. The highest BCUT2D eigenvalue weighted by Gasteiger charge is 2.36. The number of rotatable bonds is 6. The van der Waals surface area contributed by atoms with Gasteiger partial charge in [-0.25, -0.2) is 0 Å². The normalized spacial score (nSPS) is 22.7. The van der Waals surface area contributed by atoms with Crippen molar-refractivity contribution in [2.45, 2.75) is 57.9 Å². The molecule has 0 radical (unpaired) electrons. The summed E-state index contributed by atoms with van der Waals surface area (Å²) in [7, 11) is 0. The molecule has 120 valence electrons. The van der Waals surface area contributed by atoms with Crippen LogP contribution in [0, 0.1) is 11.8 Å². The molecule has 1 aliphatic heterocycles. The Kier molecular flexibility index (Phi) is 5.25. The Balaban J connectivity index is 1.80. The maximum absolute atomic E-state index is 12.4. The van der Waals surface area contributed by atoms with Crippen molar-refractivity contribution in [1.82, 2.24) is 10.2 Å². The fraction of sp³-hybridized carbons (Fsp3) is 0.875. The number of nitrogens with zero attached hydrogens (tertiary/aromatic N) is 1. The van der Waals surface area contributed by atoms with Crippen LogP contribution in [0.1, 0.15) is 52.4 Å². The van der Waals surface area contributed by atoms with Crippen molar-refractivity contribution in [3.05, 3.63) is 0 Å². The Morgan fingerprint density at radius 1 is 1.19 bits per heavy atom. The van der Waals surface area contributed by atoms with Gasteiger partial charge in [-0.1, -0.05) is 6.92 Å². The first-order valence-corrected chi connectivity index (χ1v) is 8.21. The standard InChI is InChI=1S/C16H28N2O3/c1-3-16(2,8-11-19)17-14(20)12-6-9-18(10-7-12)15(21)13-4-5-13/h12-13,19H,3-11H2,1-2H3,(H,17,20). The molecule has 0 spiro atoms. The Morgan fingerprint density at radius 2 is 1.81 bits per heavy atom. The number of aliphatic hydroxyl groups is 1. The van der Waals surface area contributed by atoms with Crippen LogP contribution in [-0.4, -0.2) is 47.1 Å². The van der Waals surface area contributed by atoms with Crippen LogP contribution in [0.25, 0.3) is 0 Å². The third kappa shape index (κ3) is 4.19. The molecule has 0 aromatic rings. The Bertz CT molecular complexity index is 387. The Hall–Kier alpha value is -1.10. The highest BCUT2D eigenvalue weighted by Crippen LogP contribution is 2.32. The van der Waals surface area contributed by atoms with Crippen molar-refractivity contribution < 1.29 is 14.7 Å². The highest BCUT2D eigenvalue weighted by atomic mass is 16.3. The van der Waals surface area contributed by atoms with Crippen LogP contribution in [-0.2, 0) is 9.59 Å². The summed E-state index contributed by atoms with van der Waals surface area (Å²) in [5.74, 6) is 0.625. The zero-order chi connectivity index (χ0) is 15.5. The van der Waals surface area contributed by atoms with Gasteiger partial charge >= 0.3 is 0 Å². The van der Waals surface area contributed by atoms with E-state index in [9.17, 15) is 9.59 Å². The summed E-state index contributed by atoms with van der Waals surface area (Å²) in [4.78, 5) is 26.3. The van der Waals surface area contributed by atoms with Crippen LogP contribution < -0.4 is 5.32 Å². The maximum atomic E-state index is 12.4. The van der Waals surface area contributed by atoms with E-state index in [-0.39, 0.29) is 35.8 Å². The molecule has 1 heterocycles. The second-order valence-corrected chi connectivity index (χ2v) is 6.75. The van der Waals surface area contributed by atoms with Crippen molar-refractivity contribution in [3.63, 3.8) is 0 Å². The fourth-order valence-electron chi connectivity index (χ4n) is 2.92. The van der Waals surface area contributed by atoms with E-state index >= 15 is 0 Å². The molecule has 2 N–H and O–H groups in total. The van der Waals surface area contributed by atoms with Crippen LogP contribution in [0.15, 0.2) is 0 Å². The van der Waals surface area contributed by atoms with Gasteiger partial charge in [0.1, 0.15) is 0 Å². The van der Waals surface area contributed by atoms with Gasteiger partial charge in [0.05, 0.1) is 0 Å². The van der Waals surface area contributed by atoms with Crippen molar-refractivity contribution in [3.8, 4) is 0 Å². The molecular formula is C16H28N2O3. The van der Waals surface area contributed by atoms with Crippen LogP contribution in [0.5, 0.6) is 0 Å². The molecule has 5 nitrogen and oxygen atoms in total. The summed E-state index contributed by atoms with van der Waals surface area (Å²) < 4.78 is 0. The van der Waals surface area contributed by atoms with Gasteiger partial charge in [0, 0.05) is 37.1 Å². The Morgan fingerprint density at radius 3 is 2.29 bits per heavy atom. The molecule has 2 rings (SSSR count). The van der Waals surface area contributed by atoms with E-state index in [1.807, 2.05) is 18.7 Å². The van der Waals surface area contributed by atoms with Crippen molar-refractivity contribution in [2.24, 2.45) is 11.8 Å². The SMILES string of the molecule is CCC(C)(CCO)NC(=O)C1CCN(C(=O)C2CC2)CC1. The number of carbonyl (C=O) groups excluding carboxylic acids is 2. The third-order valence-corrected chi connectivity index (χ3v) is 4.97. The van der Waals surface area contributed by atoms with Gasteiger partial charge in [-0.15, -0.1) is 0 Å². The van der Waals surface area contributed by atoms with E-state index in [1.54, 1.807) is 0 Å². The predicted octanol–water partition coefficient (Wildman–Crippen LogP) is 1.30. The van der Waals surface area contributed by atoms with E-state index in [0.717, 1.165) is 32.1 Å². The summed E-state index contributed by atoms with van der Waals surface area (Å²) in [5.41, 5.74) is -0.327. The molecule has 1 atom stereocenters. The van der Waals surface area contributed by atoms with Gasteiger partial charge in [0.25, 0.3) is 0 Å². The summed E-state index contributed by atoms with van der Waals surface area (Å²) in [6.07, 6.45) is 4.96. The molecule has 0 aromatic heterocycles. The minimum Gasteiger partial charge on any atom is -0.396 e. The van der Waals surface area contributed by atoms with Crippen LogP contribution >= 0.6 is 0 Å². The van der Waals surface area contributed by atoms with E-state index in [4.69, 9.17) is 5.11 Å². The Labute approximate surface area is 127 Å². The van der Waals surface area contributed by atoms with Gasteiger partial charge in [0.15, 0.2) is 0 Å². The number of hydrogen-bond donors (Lipinski definition) is 2. The van der Waals surface area contributed by atoms with E-state index in [0.29, 0.717) is 19.5 Å². The summed E-state index contributed by atoms with van der Waals surface area (Å²) in [6.45, 7) is 5.49. The van der Waals surface area contributed by atoms with Crippen LogP contribution in [0.2, 0.25) is 0 Å². The average Bonchev–Trinajstić information content (AvgIpc) is 3.31. The number of likely N-dealkylation sites (tertiary alicyclic amines) is 1. The molecule has 5 heteroatoms. The second kappa shape index (κ2) is 6.77. The molecule has 2 amide bonds. The molecule has 2 aliphatic rings. The predicted molar refractivity (Wildman–Crippen MR) is 80.6 cm³/mol. The smallest absolute Gasteiger partial charge is 0.225 e. The first-order valence-electron chi connectivity index (χ1n) is 8.21. The molecule has 1 saturated carbocycles. The average molecular weight is 296 g/mol. The first-order chi connectivity index (χ1) is 9.99. The number of hydrogen-bond acceptors (Lipinski definition) is 3. The number of amides is 2. The lowest BCUT2D eigenvalue weighted by atomic mass is 9.91. The molecule has 21 heavy (non-hydrogen) atoms. The largest absolute Gasteiger partial charge is 0.396 e. The summed E-state index contributed by atoms with van der Waals surface area (Å²) in [6, 6.07) is 0. The third-order valence-electron chi connectivity index (χ3n) is 4.97. The lowest BCUT2D eigenvalue weighted by Gasteiger charge is -2.35. The van der Waals surface area contributed by atoms with Gasteiger partial charge in [0.2, 0.25) is 11.8 Å². The minimum atomic E-state index is -0.327. The van der Waals surface area contributed by atoms with Crippen LogP contribution in [0.4, 0.5) is 0 Å². The van der Waals surface area contributed by atoms with Crippen molar-refractivity contribution in [1.29, 1.82) is 0 Å². The fourth-order valence-corrected chi connectivity index (χ4v) is 2.92. The molecule has 0 bridgehead atoms. The maximum Gasteiger partial charge on any atom is 0.225 e. The first kappa shape index (κ1) is 16.3. The molecule has 1 saturated heterocycles. The molecule has 1 unspecified atom stereocenters. The van der Waals surface area contributed by atoms with Gasteiger partial charge in [-0.3, -0.25) is 9.59 Å². The molecule has 1 aliphatic carbocycles. The van der Waals surface area contributed by atoms with Crippen molar-refractivity contribution in [2.75, 3.05) is 19.7 Å². The summed E-state index contributed by atoms with van der Waals surface area (Å²) >= 11 is 0. The zero-order valence-electron chi connectivity index (χ0n) is 13.2. The number of aliphatic hydroxyl groups excluding tert-OH is 1. The van der Waals surface area contributed by atoms with E-state index in [1.165, 1.54) is 0 Å².